The molecule has 1 unspecified atom stereocenters. The number of hydrogen-bond acceptors (Lipinski definition) is 3. The summed E-state index contributed by atoms with van der Waals surface area (Å²) in [6.45, 7) is 2.63. The molecule has 0 spiro atoms. The second kappa shape index (κ2) is 6.70. The number of nitrogens with two attached hydrogens (primary N) is 1. The topological polar surface area (TPSA) is 47.3 Å². The molecule has 0 aliphatic heterocycles. The van der Waals surface area contributed by atoms with Gasteiger partial charge in [0.1, 0.15) is 5.75 Å². The number of hydrogen-bond donors (Lipinski definition) is 2. The molecule has 2 rings (SSSR count). The summed E-state index contributed by atoms with van der Waals surface area (Å²) in [7, 11) is 0. The number of nitrogens with one attached hydrogen (secondary N) is 1. The van der Waals surface area contributed by atoms with Gasteiger partial charge in [-0.15, -0.1) is 0 Å². The van der Waals surface area contributed by atoms with Crippen molar-refractivity contribution < 1.29 is 4.74 Å². The van der Waals surface area contributed by atoms with Crippen LogP contribution in [-0.2, 0) is 0 Å². The van der Waals surface area contributed by atoms with E-state index >= 15 is 0 Å². The van der Waals surface area contributed by atoms with Crippen LogP contribution < -0.4 is 16.0 Å². The van der Waals surface area contributed by atoms with E-state index in [9.17, 15) is 0 Å². The van der Waals surface area contributed by atoms with Gasteiger partial charge in [-0.05, 0) is 42.3 Å². The van der Waals surface area contributed by atoms with Gasteiger partial charge in [0.05, 0.1) is 12.6 Å². The second-order valence-corrected chi connectivity index (χ2v) is 5.07. The van der Waals surface area contributed by atoms with Gasteiger partial charge in [-0.1, -0.05) is 40.2 Å². The third kappa shape index (κ3) is 3.56. The zero-order chi connectivity index (χ0) is 13.7. The van der Waals surface area contributed by atoms with Crippen molar-refractivity contribution in [3.05, 3.63) is 64.1 Å². The van der Waals surface area contributed by atoms with Gasteiger partial charge in [0.15, 0.2) is 0 Å². The lowest BCUT2D eigenvalue weighted by molar-refractivity contribution is 0.339. The molecule has 19 heavy (non-hydrogen) atoms. The molecule has 3 nitrogen and oxygen atoms in total. The minimum absolute atomic E-state index is 0.0477. The van der Waals surface area contributed by atoms with E-state index in [4.69, 9.17) is 10.6 Å². The highest BCUT2D eigenvalue weighted by Gasteiger charge is 2.12. The number of rotatable bonds is 5. The van der Waals surface area contributed by atoms with Crippen molar-refractivity contribution >= 4 is 15.9 Å². The highest BCUT2D eigenvalue weighted by Crippen LogP contribution is 2.25. The molecule has 0 saturated heterocycles. The molecule has 0 saturated carbocycles. The zero-order valence-electron chi connectivity index (χ0n) is 10.8. The first kappa shape index (κ1) is 14.1. The van der Waals surface area contributed by atoms with Crippen molar-refractivity contribution in [3.63, 3.8) is 0 Å². The van der Waals surface area contributed by atoms with Gasteiger partial charge in [0, 0.05) is 4.47 Å². The molecule has 2 aromatic rings. The maximum Gasteiger partial charge on any atom is 0.119 e. The minimum atomic E-state index is -0.0477. The van der Waals surface area contributed by atoms with Crippen LogP contribution in [0.15, 0.2) is 53.0 Å². The first-order chi connectivity index (χ1) is 9.24. The van der Waals surface area contributed by atoms with E-state index in [1.807, 2.05) is 55.5 Å². The highest BCUT2D eigenvalue weighted by atomic mass is 79.9. The summed E-state index contributed by atoms with van der Waals surface area (Å²) in [6.07, 6.45) is 0. The highest BCUT2D eigenvalue weighted by molar-refractivity contribution is 9.10. The van der Waals surface area contributed by atoms with Crippen LogP contribution in [0, 0.1) is 0 Å². The summed E-state index contributed by atoms with van der Waals surface area (Å²) in [6, 6.07) is 16.0. The molecule has 100 valence electrons. The summed E-state index contributed by atoms with van der Waals surface area (Å²) in [4.78, 5) is 0. The Hall–Kier alpha value is -1.36. The summed E-state index contributed by atoms with van der Waals surface area (Å²) < 4.78 is 6.57. The monoisotopic (exact) mass is 320 g/mol. The summed E-state index contributed by atoms with van der Waals surface area (Å²) in [5.41, 5.74) is 5.04. The molecule has 0 aromatic heterocycles. The molecule has 0 bridgehead atoms. The average Bonchev–Trinajstić information content (AvgIpc) is 2.43. The Bertz CT molecular complexity index is 528. The normalized spacial score (nSPS) is 12.2. The van der Waals surface area contributed by atoms with Crippen molar-refractivity contribution in [1.29, 1.82) is 0 Å². The molecule has 0 aliphatic rings. The van der Waals surface area contributed by atoms with Crippen LogP contribution in [0.3, 0.4) is 0 Å². The summed E-state index contributed by atoms with van der Waals surface area (Å²) in [5, 5.41) is 0. The van der Waals surface area contributed by atoms with Crippen LogP contribution in [0.2, 0.25) is 0 Å². The van der Waals surface area contributed by atoms with E-state index in [1.165, 1.54) is 0 Å². The smallest absolute Gasteiger partial charge is 0.119 e. The van der Waals surface area contributed by atoms with Gasteiger partial charge in [0.2, 0.25) is 0 Å². The molecule has 4 heteroatoms. The van der Waals surface area contributed by atoms with E-state index in [1.54, 1.807) is 0 Å². The summed E-state index contributed by atoms with van der Waals surface area (Å²) >= 11 is 3.43. The Morgan fingerprint density at radius 3 is 2.53 bits per heavy atom. The molecule has 0 heterocycles. The van der Waals surface area contributed by atoms with E-state index in [2.05, 4.69) is 21.4 Å². The number of halogens is 1. The SMILES string of the molecule is CCOc1cccc(C(NN)c2ccc(Br)cc2)c1. The van der Waals surface area contributed by atoms with Gasteiger partial charge in [0.25, 0.3) is 0 Å². The van der Waals surface area contributed by atoms with E-state index in [-0.39, 0.29) is 6.04 Å². The largest absolute Gasteiger partial charge is 0.494 e. The summed E-state index contributed by atoms with van der Waals surface area (Å²) in [5.74, 6) is 6.56. The Balaban J connectivity index is 2.30. The number of benzene rings is 2. The predicted octanol–water partition coefficient (Wildman–Crippen LogP) is 3.40. The fourth-order valence-corrected chi connectivity index (χ4v) is 2.26. The van der Waals surface area contributed by atoms with Gasteiger partial charge >= 0.3 is 0 Å². The van der Waals surface area contributed by atoms with Crippen LogP contribution in [0.4, 0.5) is 0 Å². The molecule has 2 aromatic carbocycles. The van der Waals surface area contributed by atoms with Crippen molar-refractivity contribution in [1.82, 2.24) is 5.43 Å². The van der Waals surface area contributed by atoms with Crippen molar-refractivity contribution in [2.75, 3.05) is 6.61 Å². The third-order valence-corrected chi connectivity index (χ3v) is 3.40. The lowest BCUT2D eigenvalue weighted by Crippen LogP contribution is -2.28. The first-order valence-corrected chi connectivity index (χ1v) is 6.98. The third-order valence-electron chi connectivity index (χ3n) is 2.87. The minimum Gasteiger partial charge on any atom is -0.494 e. The molecule has 0 aliphatic carbocycles. The Kier molecular flexibility index (Phi) is 4.96. The molecular weight excluding hydrogens is 304 g/mol. The number of hydrazine groups is 1. The van der Waals surface area contributed by atoms with E-state index in [0.717, 1.165) is 21.3 Å². The van der Waals surface area contributed by atoms with Crippen LogP contribution in [0.1, 0.15) is 24.1 Å². The fourth-order valence-electron chi connectivity index (χ4n) is 1.99. The first-order valence-electron chi connectivity index (χ1n) is 6.19. The van der Waals surface area contributed by atoms with Gasteiger partial charge in [-0.3, -0.25) is 5.84 Å². The number of ether oxygens (including phenoxy) is 1. The van der Waals surface area contributed by atoms with Crippen molar-refractivity contribution in [3.8, 4) is 5.75 Å². The molecular formula is C15H17BrN2O. The predicted molar refractivity (Wildman–Crippen MR) is 80.9 cm³/mol. The van der Waals surface area contributed by atoms with Crippen LogP contribution in [0.5, 0.6) is 5.75 Å². The molecule has 0 amide bonds. The fraction of sp³-hybridized carbons (Fsp3) is 0.200. The van der Waals surface area contributed by atoms with Gasteiger partial charge < -0.3 is 4.74 Å². The molecule has 0 fully saturated rings. The maximum absolute atomic E-state index is 5.70. The van der Waals surface area contributed by atoms with Crippen LogP contribution in [-0.4, -0.2) is 6.61 Å². The van der Waals surface area contributed by atoms with E-state index < -0.39 is 0 Å². The molecule has 3 N–H and O–H groups in total. The molecule has 1 atom stereocenters. The quantitative estimate of drug-likeness (QED) is 0.655. The Labute approximate surface area is 121 Å². The Morgan fingerprint density at radius 2 is 1.89 bits per heavy atom. The zero-order valence-corrected chi connectivity index (χ0v) is 12.4. The standard InChI is InChI=1S/C15H17BrN2O/c1-2-19-14-5-3-4-12(10-14)15(18-17)11-6-8-13(16)9-7-11/h3-10,15,18H,2,17H2,1H3. The second-order valence-electron chi connectivity index (χ2n) is 4.16. The van der Waals surface area contributed by atoms with Gasteiger partial charge in [-0.2, -0.15) is 0 Å². The van der Waals surface area contributed by atoms with Gasteiger partial charge in [-0.25, -0.2) is 5.43 Å². The average molecular weight is 321 g/mol. The Morgan fingerprint density at radius 1 is 1.16 bits per heavy atom. The van der Waals surface area contributed by atoms with Crippen LogP contribution >= 0.6 is 15.9 Å². The lowest BCUT2D eigenvalue weighted by Gasteiger charge is -2.18. The van der Waals surface area contributed by atoms with Crippen molar-refractivity contribution in [2.45, 2.75) is 13.0 Å². The van der Waals surface area contributed by atoms with E-state index in [0.29, 0.717) is 6.61 Å². The van der Waals surface area contributed by atoms with Crippen molar-refractivity contribution in [2.24, 2.45) is 5.84 Å². The maximum atomic E-state index is 5.70. The van der Waals surface area contributed by atoms with Crippen LogP contribution in [0.25, 0.3) is 0 Å². The molecule has 0 radical (unpaired) electrons. The lowest BCUT2D eigenvalue weighted by atomic mass is 9.99.